The van der Waals surface area contributed by atoms with Crippen LogP contribution in [0.2, 0.25) is 0 Å². The van der Waals surface area contributed by atoms with Crippen LogP contribution < -0.4 is 15.4 Å². The van der Waals surface area contributed by atoms with Gasteiger partial charge in [-0.05, 0) is 38.2 Å². The van der Waals surface area contributed by atoms with E-state index in [4.69, 9.17) is 9.72 Å². The second-order valence-electron chi connectivity index (χ2n) is 6.93. The molecule has 1 heterocycles. The molecule has 2 aromatic rings. The summed E-state index contributed by atoms with van der Waals surface area (Å²) in [5, 5.41) is 7.95. The predicted molar refractivity (Wildman–Crippen MR) is 113 cm³/mol. The van der Waals surface area contributed by atoms with E-state index in [1.807, 2.05) is 18.2 Å². The first-order valence-electron chi connectivity index (χ1n) is 9.80. The summed E-state index contributed by atoms with van der Waals surface area (Å²) in [4.78, 5) is 10.4. The number of aryl methyl sites for hydroxylation is 2. The van der Waals surface area contributed by atoms with Gasteiger partial charge < -0.3 is 15.4 Å². The molecule has 5 nitrogen and oxygen atoms in total. The first kappa shape index (κ1) is 19.7. The maximum absolute atomic E-state index is 5.98. The quantitative estimate of drug-likeness (QED) is 0.509. The van der Waals surface area contributed by atoms with Gasteiger partial charge in [0, 0.05) is 37.0 Å². The maximum Gasteiger partial charge on any atom is 0.191 e. The van der Waals surface area contributed by atoms with E-state index in [0.29, 0.717) is 6.54 Å². The van der Waals surface area contributed by atoms with Crippen molar-refractivity contribution in [1.82, 2.24) is 15.6 Å². The highest BCUT2D eigenvalue weighted by Gasteiger charge is 2.22. The molecule has 0 bridgehead atoms. The molecule has 2 N–H and O–H groups in total. The largest absolute Gasteiger partial charge is 0.493 e. The lowest BCUT2D eigenvalue weighted by molar-refractivity contribution is 0.296. The lowest BCUT2D eigenvalue weighted by Crippen LogP contribution is -2.37. The van der Waals surface area contributed by atoms with Crippen molar-refractivity contribution in [2.45, 2.75) is 46.1 Å². The van der Waals surface area contributed by atoms with Gasteiger partial charge in [-0.15, -0.1) is 11.3 Å². The van der Waals surface area contributed by atoms with Crippen molar-refractivity contribution in [3.05, 3.63) is 45.4 Å². The summed E-state index contributed by atoms with van der Waals surface area (Å²) in [7, 11) is 1.80. The van der Waals surface area contributed by atoms with Crippen LogP contribution in [0.3, 0.4) is 0 Å². The van der Waals surface area contributed by atoms with Gasteiger partial charge in [0.2, 0.25) is 0 Å². The summed E-state index contributed by atoms with van der Waals surface area (Å²) in [6.45, 7) is 6.64. The minimum absolute atomic E-state index is 0.691. The Morgan fingerprint density at radius 1 is 1.30 bits per heavy atom. The lowest BCUT2D eigenvalue weighted by atomic mass is 10.2. The molecule has 1 fully saturated rings. The molecule has 1 aliphatic carbocycles. The molecule has 1 aromatic carbocycles. The van der Waals surface area contributed by atoms with Crippen LogP contribution in [0, 0.1) is 12.8 Å². The fraction of sp³-hybridized carbons (Fsp3) is 0.524. The number of hydrogen-bond acceptors (Lipinski definition) is 4. The fourth-order valence-electron chi connectivity index (χ4n) is 2.89. The van der Waals surface area contributed by atoms with E-state index in [1.54, 1.807) is 18.4 Å². The zero-order chi connectivity index (χ0) is 19.1. The lowest BCUT2D eigenvalue weighted by Gasteiger charge is -2.14. The van der Waals surface area contributed by atoms with Crippen LogP contribution in [-0.4, -0.2) is 31.1 Å². The van der Waals surface area contributed by atoms with Crippen LogP contribution in [0.5, 0.6) is 5.75 Å². The Hall–Kier alpha value is -2.08. The molecule has 1 aliphatic rings. The number of ether oxygens (including phenoxy) is 1. The first-order chi connectivity index (χ1) is 13.2. The molecule has 6 heteroatoms. The summed E-state index contributed by atoms with van der Waals surface area (Å²) < 4.78 is 5.98. The fourth-order valence-corrected chi connectivity index (χ4v) is 3.91. The van der Waals surface area contributed by atoms with Crippen molar-refractivity contribution >= 4 is 17.3 Å². The van der Waals surface area contributed by atoms with Gasteiger partial charge in [-0.2, -0.15) is 0 Å². The predicted octanol–water partition coefficient (Wildman–Crippen LogP) is 3.71. The molecule has 1 saturated carbocycles. The Kier molecular flexibility index (Phi) is 7.10. The van der Waals surface area contributed by atoms with Crippen molar-refractivity contribution in [2.75, 3.05) is 20.2 Å². The molecule has 0 aliphatic heterocycles. The molecular formula is C21H30N4OS. The molecular weight excluding hydrogens is 356 g/mol. The minimum atomic E-state index is 0.691. The van der Waals surface area contributed by atoms with Crippen LogP contribution >= 0.6 is 11.3 Å². The standard InChI is InChI=1S/C21H30N4OS/c1-4-18-15(2)27-20(25-18)11-12-23-21(22-3)24-13-17-7-5-6-8-19(17)26-14-16-9-10-16/h5-8,16H,4,9-14H2,1-3H3,(H2,22,23,24). The zero-order valence-corrected chi connectivity index (χ0v) is 17.4. The van der Waals surface area contributed by atoms with Gasteiger partial charge in [-0.25, -0.2) is 4.98 Å². The minimum Gasteiger partial charge on any atom is -0.493 e. The number of nitrogens with zero attached hydrogens (tertiary/aromatic N) is 2. The van der Waals surface area contributed by atoms with E-state index in [-0.39, 0.29) is 0 Å². The molecule has 27 heavy (non-hydrogen) atoms. The summed E-state index contributed by atoms with van der Waals surface area (Å²) >= 11 is 1.80. The Labute approximate surface area is 166 Å². The van der Waals surface area contributed by atoms with Gasteiger partial charge in [-0.3, -0.25) is 4.99 Å². The van der Waals surface area contributed by atoms with Gasteiger partial charge in [0.15, 0.2) is 5.96 Å². The smallest absolute Gasteiger partial charge is 0.191 e. The van der Waals surface area contributed by atoms with Gasteiger partial charge in [0.05, 0.1) is 17.3 Å². The summed E-state index contributed by atoms with van der Waals surface area (Å²) in [5.41, 5.74) is 2.38. The van der Waals surface area contributed by atoms with E-state index in [9.17, 15) is 0 Å². The van der Waals surface area contributed by atoms with E-state index < -0.39 is 0 Å². The maximum atomic E-state index is 5.98. The topological polar surface area (TPSA) is 58.5 Å². The van der Waals surface area contributed by atoms with Crippen molar-refractivity contribution in [3.63, 3.8) is 0 Å². The number of thiazole rings is 1. The highest BCUT2D eigenvalue weighted by atomic mass is 32.1. The van der Waals surface area contributed by atoms with Crippen LogP contribution in [0.4, 0.5) is 0 Å². The summed E-state index contributed by atoms with van der Waals surface area (Å²) in [6.07, 6.45) is 4.51. The summed E-state index contributed by atoms with van der Waals surface area (Å²) in [5.74, 6) is 2.52. The van der Waals surface area contributed by atoms with Crippen molar-refractivity contribution in [1.29, 1.82) is 0 Å². The number of para-hydroxylation sites is 1. The average Bonchev–Trinajstić information content (AvgIpc) is 3.45. The van der Waals surface area contributed by atoms with E-state index >= 15 is 0 Å². The highest BCUT2D eigenvalue weighted by molar-refractivity contribution is 7.11. The number of rotatable bonds is 9. The molecule has 1 aromatic heterocycles. The van der Waals surface area contributed by atoms with E-state index in [2.05, 4.69) is 35.5 Å². The van der Waals surface area contributed by atoms with Crippen molar-refractivity contribution in [3.8, 4) is 5.75 Å². The third kappa shape index (κ3) is 5.96. The molecule has 146 valence electrons. The molecule has 0 radical (unpaired) electrons. The molecule has 0 saturated heterocycles. The second kappa shape index (κ2) is 9.74. The van der Waals surface area contributed by atoms with Crippen LogP contribution in [0.15, 0.2) is 29.3 Å². The number of nitrogens with one attached hydrogen (secondary N) is 2. The van der Waals surface area contributed by atoms with Crippen LogP contribution in [0.1, 0.15) is 40.9 Å². The van der Waals surface area contributed by atoms with Crippen LogP contribution in [0.25, 0.3) is 0 Å². The molecule has 0 unspecified atom stereocenters. The Balaban J connectivity index is 1.46. The number of benzene rings is 1. The van der Waals surface area contributed by atoms with E-state index in [0.717, 1.165) is 49.2 Å². The van der Waals surface area contributed by atoms with Gasteiger partial charge in [0.25, 0.3) is 0 Å². The SMILES string of the molecule is CCc1nc(CCNC(=NC)NCc2ccccc2OCC2CC2)sc1C. The summed E-state index contributed by atoms with van der Waals surface area (Å²) in [6, 6.07) is 8.23. The molecule has 0 spiro atoms. The molecule has 0 amide bonds. The Morgan fingerprint density at radius 2 is 2.11 bits per heavy atom. The van der Waals surface area contributed by atoms with Gasteiger partial charge in [-0.1, -0.05) is 25.1 Å². The monoisotopic (exact) mass is 386 g/mol. The van der Waals surface area contributed by atoms with E-state index in [1.165, 1.54) is 28.4 Å². The normalized spacial score (nSPS) is 14.3. The van der Waals surface area contributed by atoms with Crippen molar-refractivity contribution < 1.29 is 4.74 Å². The molecule has 3 rings (SSSR count). The van der Waals surface area contributed by atoms with Gasteiger partial charge >= 0.3 is 0 Å². The number of hydrogen-bond donors (Lipinski definition) is 2. The van der Waals surface area contributed by atoms with Crippen LogP contribution in [-0.2, 0) is 19.4 Å². The Bertz CT molecular complexity index is 767. The third-order valence-electron chi connectivity index (χ3n) is 4.72. The first-order valence-corrected chi connectivity index (χ1v) is 10.6. The number of aliphatic imine (C=N–C) groups is 1. The third-order valence-corrected chi connectivity index (χ3v) is 5.79. The highest BCUT2D eigenvalue weighted by Crippen LogP contribution is 2.30. The van der Waals surface area contributed by atoms with Gasteiger partial charge in [0.1, 0.15) is 5.75 Å². The zero-order valence-electron chi connectivity index (χ0n) is 16.5. The van der Waals surface area contributed by atoms with Crippen molar-refractivity contribution in [2.24, 2.45) is 10.9 Å². The second-order valence-corrected chi connectivity index (χ2v) is 8.22. The number of aromatic nitrogens is 1. The number of guanidine groups is 1. The molecule has 0 atom stereocenters. The average molecular weight is 387 g/mol. The Morgan fingerprint density at radius 3 is 2.81 bits per heavy atom.